The summed E-state index contributed by atoms with van der Waals surface area (Å²) in [5, 5.41) is 13.4. The zero-order valence-corrected chi connectivity index (χ0v) is 21.4. The number of aromatic nitrogens is 4. The van der Waals surface area contributed by atoms with Crippen molar-refractivity contribution < 1.29 is 19.0 Å². The molecule has 0 bridgehead atoms. The fraction of sp³-hybridized carbons (Fsp3) is 0.172. The van der Waals surface area contributed by atoms with E-state index < -0.39 is 23.2 Å². The van der Waals surface area contributed by atoms with Crippen LogP contribution in [0.4, 0.5) is 20.6 Å². The number of pyridine rings is 1. The Kier molecular flexibility index (Phi) is 6.61. The largest absolute Gasteiger partial charge is 0.511 e. The third-order valence-electron chi connectivity index (χ3n) is 7.03. The third kappa shape index (κ3) is 4.84. The third-order valence-corrected chi connectivity index (χ3v) is 7.03. The van der Waals surface area contributed by atoms with E-state index in [9.17, 15) is 14.7 Å². The first-order chi connectivity index (χ1) is 19.5. The van der Waals surface area contributed by atoms with Gasteiger partial charge in [-0.1, -0.05) is 36.4 Å². The zero-order chi connectivity index (χ0) is 27.6. The number of carbonyl (C=O) groups is 1. The van der Waals surface area contributed by atoms with Crippen molar-refractivity contribution in [2.75, 3.05) is 36.0 Å². The molecule has 0 saturated carbocycles. The number of hydrogen-bond donors (Lipinski definition) is 1. The van der Waals surface area contributed by atoms with Crippen LogP contribution >= 0.6 is 0 Å². The van der Waals surface area contributed by atoms with Crippen molar-refractivity contribution in [1.82, 2.24) is 19.3 Å². The van der Waals surface area contributed by atoms with Gasteiger partial charge < -0.3 is 24.2 Å². The number of carboxylic acid groups (broad SMARTS) is 1. The van der Waals surface area contributed by atoms with Crippen LogP contribution in [0.1, 0.15) is 5.56 Å². The van der Waals surface area contributed by atoms with Gasteiger partial charge in [0.1, 0.15) is 18.5 Å². The van der Waals surface area contributed by atoms with Crippen molar-refractivity contribution in [3.63, 3.8) is 0 Å². The predicted molar refractivity (Wildman–Crippen MR) is 148 cm³/mol. The molecule has 11 heteroatoms. The highest BCUT2D eigenvalue weighted by atomic mass is 19.1. The molecule has 1 aliphatic rings. The molecular weight excluding hydrogens is 515 g/mol. The van der Waals surface area contributed by atoms with Gasteiger partial charge in [-0.2, -0.15) is 5.10 Å². The Labute approximate surface area is 228 Å². The van der Waals surface area contributed by atoms with Crippen LogP contribution in [-0.4, -0.2) is 56.8 Å². The number of nitrogens with zero attached hydrogens (tertiary/aromatic N) is 6. The molecule has 0 atom stereocenters. The second-order valence-corrected chi connectivity index (χ2v) is 9.41. The fourth-order valence-electron chi connectivity index (χ4n) is 5.13. The lowest BCUT2D eigenvalue weighted by molar-refractivity contribution is 0.144. The van der Waals surface area contributed by atoms with Crippen molar-refractivity contribution in [3.8, 4) is 11.4 Å². The summed E-state index contributed by atoms with van der Waals surface area (Å²) in [6.07, 6.45) is 2.73. The van der Waals surface area contributed by atoms with Gasteiger partial charge in [0.2, 0.25) is 5.43 Å². The van der Waals surface area contributed by atoms with Crippen molar-refractivity contribution >= 4 is 28.4 Å². The molecule has 3 aromatic carbocycles. The van der Waals surface area contributed by atoms with E-state index in [0.29, 0.717) is 49.6 Å². The topological polar surface area (TPSA) is 106 Å². The van der Waals surface area contributed by atoms with Crippen LogP contribution < -0.4 is 20.0 Å². The first-order valence-electron chi connectivity index (χ1n) is 12.7. The molecule has 0 radical (unpaired) electrons. The first-order valence-corrected chi connectivity index (χ1v) is 12.7. The van der Waals surface area contributed by atoms with E-state index in [-0.39, 0.29) is 5.39 Å². The van der Waals surface area contributed by atoms with Crippen LogP contribution in [0.15, 0.2) is 90.4 Å². The summed E-state index contributed by atoms with van der Waals surface area (Å²) >= 11 is 0. The molecule has 5 aromatic rings. The van der Waals surface area contributed by atoms with Gasteiger partial charge in [0.05, 0.1) is 35.0 Å². The van der Waals surface area contributed by atoms with Crippen LogP contribution in [0.25, 0.3) is 16.6 Å². The van der Waals surface area contributed by atoms with E-state index in [4.69, 9.17) is 4.74 Å². The standard InChI is InChI=1S/C29H25FN6O4/c30-23-14-22-25(15-26(23)34-12-10-33(11-13-34)21-7-2-1-3-8-21)36(17-27(28(22)37)40-29(38)39)24-9-5-4-6-20(24)16-35-19-31-18-32-35/h1-9,14-15,17-19H,10-13,16H2,(H,38,39). The average molecular weight is 541 g/mol. The van der Waals surface area contributed by atoms with Crippen LogP contribution in [0.2, 0.25) is 0 Å². The highest BCUT2D eigenvalue weighted by molar-refractivity contribution is 5.86. The van der Waals surface area contributed by atoms with Crippen molar-refractivity contribution in [1.29, 1.82) is 0 Å². The van der Waals surface area contributed by atoms with Gasteiger partial charge in [-0.25, -0.2) is 18.9 Å². The van der Waals surface area contributed by atoms with Crippen LogP contribution in [0.5, 0.6) is 5.75 Å². The van der Waals surface area contributed by atoms with E-state index in [1.54, 1.807) is 21.6 Å². The Morgan fingerprint density at radius 1 is 0.950 bits per heavy atom. The van der Waals surface area contributed by atoms with E-state index in [0.717, 1.165) is 11.3 Å². The number of fused-ring (bicyclic) bond motifs is 1. The zero-order valence-electron chi connectivity index (χ0n) is 21.4. The van der Waals surface area contributed by atoms with Gasteiger partial charge in [-0.05, 0) is 35.9 Å². The Morgan fingerprint density at radius 2 is 1.68 bits per heavy atom. The Bertz CT molecular complexity index is 1730. The molecule has 202 valence electrons. The number of anilines is 2. The number of hydrogen-bond acceptors (Lipinski definition) is 7. The monoisotopic (exact) mass is 540 g/mol. The second kappa shape index (κ2) is 10.5. The van der Waals surface area contributed by atoms with Crippen molar-refractivity contribution in [2.24, 2.45) is 0 Å². The Balaban J connectivity index is 1.45. The number of halogens is 1. The van der Waals surface area contributed by atoms with E-state index in [1.807, 2.05) is 47.4 Å². The number of rotatable bonds is 6. The summed E-state index contributed by atoms with van der Waals surface area (Å²) in [5.41, 5.74) is 2.68. The molecule has 0 aliphatic carbocycles. The van der Waals surface area contributed by atoms with Gasteiger partial charge in [0.15, 0.2) is 5.75 Å². The van der Waals surface area contributed by atoms with Crippen molar-refractivity contribution in [3.05, 3.63) is 107 Å². The minimum absolute atomic E-state index is 0.0125. The maximum Gasteiger partial charge on any atom is 0.511 e. The molecular formula is C29H25FN6O4. The molecule has 6 rings (SSSR count). The number of piperazine rings is 1. The summed E-state index contributed by atoms with van der Waals surface area (Å²) in [5.74, 6) is -0.980. The molecule has 2 aromatic heterocycles. The molecule has 0 amide bonds. The summed E-state index contributed by atoms with van der Waals surface area (Å²) < 4.78 is 23.7. The summed E-state index contributed by atoms with van der Waals surface area (Å²) in [6.45, 7) is 2.96. The maximum atomic E-state index is 15.6. The summed E-state index contributed by atoms with van der Waals surface area (Å²) in [7, 11) is 0. The molecule has 40 heavy (non-hydrogen) atoms. The highest BCUT2D eigenvalue weighted by Gasteiger charge is 2.23. The summed E-state index contributed by atoms with van der Waals surface area (Å²) in [6, 6.07) is 20.3. The van der Waals surface area contributed by atoms with E-state index in [1.165, 1.54) is 18.6 Å². The van der Waals surface area contributed by atoms with Gasteiger partial charge >= 0.3 is 6.16 Å². The van der Waals surface area contributed by atoms with Gasteiger partial charge in [-0.15, -0.1) is 0 Å². The molecule has 3 heterocycles. The smallest absolute Gasteiger partial charge is 0.449 e. The average Bonchev–Trinajstić information content (AvgIpc) is 3.48. The lowest BCUT2D eigenvalue weighted by Gasteiger charge is -2.37. The molecule has 1 aliphatic heterocycles. The number of benzene rings is 3. The molecule has 1 N–H and O–H groups in total. The quantitative estimate of drug-likeness (QED) is 0.320. The lowest BCUT2D eigenvalue weighted by Crippen LogP contribution is -2.46. The van der Waals surface area contributed by atoms with E-state index >= 15 is 4.39 Å². The fourth-order valence-corrected chi connectivity index (χ4v) is 5.13. The normalized spacial score (nSPS) is 13.5. The Morgan fingerprint density at radius 3 is 2.40 bits per heavy atom. The summed E-state index contributed by atoms with van der Waals surface area (Å²) in [4.78, 5) is 32.8. The minimum Gasteiger partial charge on any atom is -0.449 e. The predicted octanol–water partition coefficient (Wildman–Crippen LogP) is 4.15. The van der Waals surface area contributed by atoms with Crippen molar-refractivity contribution in [2.45, 2.75) is 6.54 Å². The number of para-hydroxylation sites is 2. The van der Waals surface area contributed by atoms with Crippen LogP contribution in [0, 0.1) is 5.82 Å². The SMILES string of the molecule is O=C(O)Oc1cn(-c2ccccc2Cn2cncn2)c2cc(N3CCN(c4ccccc4)CC3)c(F)cc2c1=O. The highest BCUT2D eigenvalue weighted by Crippen LogP contribution is 2.30. The van der Waals surface area contributed by atoms with Crippen LogP contribution in [0.3, 0.4) is 0 Å². The first kappa shape index (κ1) is 25.1. The van der Waals surface area contributed by atoms with Gasteiger partial charge in [0.25, 0.3) is 0 Å². The second-order valence-electron chi connectivity index (χ2n) is 9.41. The Hall–Kier alpha value is -5.19. The molecule has 0 spiro atoms. The van der Waals surface area contributed by atoms with Gasteiger partial charge in [0, 0.05) is 31.9 Å². The minimum atomic E-state index is -1.63. The lowest BCUT2D eigenvalue weighted by atomic mass is 10.1. The molecule has 1 saturated heterocycles. The molecule has 0 unspecified atom stereocenters. The number of ether oxygens (including phenoxy) is 1. The molecule has 1 fully saturated rings. The van der Waals surface area contributed by atoms with E-state index in [2.05, 4.69) is 27.1 Å². The molecule has 10 nitrogen and oxygen atoms in total. The van der Waals surface area contributed by atoms with Gasteiger partial charge in [-0.3, -0.25) is 4.79 Å². The maximum absolute atomic E-state index is 15.6. The van der Waals surface area contributed by atoms with Crippen LogP contribution in [-0.2, 0) is 6.54 Å².